The van der Waals surface area contributed by atoms with Gasteiger partial charge in [0.1, 0.15) is 11.6 Å². The highest BCUT2D eigenvalue weighted by atomic mass is 79.9. The lowest BCUT2D eigenvalue weighted by molar-refractivity contribution is -0.139. The van der Waals surface area contributed by atoms with Crippen LogP contribution in [0.15, 0.2) is 60.3 Å². The Morgan fingerprint density at radius 3 is 2.69 bits per heavy atom. The van der Waals surface area contributed by atoms with E-state index in [1.807, 2.05) is 6.07 Å². The quantitative estimate of drug-likeness (QED) is 0.426. The van der Waals surface area contributed by atoms with Gasteiger partial charge in [0.05, 0.1) is 32.9 Å². The average molecular weight is 574 g/mol. The number of nitrogens with zero attached hydrogens (tertiary/aromatic N) is 3. The minimum atomic E-state index is -0.782. The Morgan fingerprint density at radius 2 is 2.00 bits per heavy atom. The number of carbonyl (C=O) groups is 1. The number of ether oxygens (including phenoxy) is 1. The lowest BCUT2D eigenvalue weighted by atomic mass is 9.96. The summed E-state index contributed by atoms with van der Waals surface area (Å²) in [6, 6.07) is 6.84. The molecule has 0 unspecified atom stereocenters. The maximum Gasteiger partial charge on any atom is 0.338 e. The number of carbonyl (C=O) groups excluding carboxylic acids is 1. The molecule has 0 N–H and O–H groups in total. The number of benzene rings is 1. The van der Waals surface area contributed by atoms with E-state index in [9.17, 15) is 14.0 Å². The molecule has 0 bridgehead atoms. The summed E-state index contributed by atoms with van der Waals surface area (Å²) in [6.07, 6.45) is 5.15. The fraction of sp³-hybridized carbons (Fsp3) is 0.346. The van der Waals surface area contributed by atoms with Gasteiger partial charge in [0.25, 0.3) is 5.56 Å². The lowest BCUT2D eigenvalue weighted by Crippen LogP contribution is -2.39. The first-order valence-corrected chi connectivity index (χ1v) is 13.5. The van der Waals surface area contributed by atoms with Gasteiger partial charge in [0.2, 0.25) is 5.88 Å². The molecule has 2 aliphatic rings. The molecule has 4 heterocycles. The Labute approximate surface area is 219 Å². The number of hydrogen-bond donors (Lipinski definition) is 0. The van der Waals surface area contributed by atoms with Crippen molar-refractivity contribution in [2.75, 3.05) is 24.6 Å². The van der Waals surface area contributed by atoms with Gasteiger partial charge in [0, 0.05) is 25.2 Å². The third-order valence-electron chi connectivity index (χ3n) is 6.31. The molecule has 0 spiro atoms. The summed E-state index contributed by atoms with van der Waals surface area (Å²) in [6.45, 7) is 5.48. The van der Waals surface area contributed by atoms with Gasteiger partial charge in [-0.15, -0.1) is 0 Å². The van der Waals surface area contributed by atoms with Gasteiger partial charge in [0.15, 0.2) is 4.80 Å². The number of piperidine rings is 1. The number of allylic oxidation sites excluding steroid dienone is 1. The molecule has 0 radical (unpaired) electrons. The van der Waals surface area contributed by atoms with E-state index in [2.05, 4.69) is 25.8 Å². The van der Waals surface area contributed by atoms with Crippen LogP contribution in [-0.4, -0.2) is 30.2 Å². The second kappa shape index (κ2) is 10.2. The third-order valence-corrected chi connectivity index (χ3v) is 7.86. The molecule has 36 heavy (non-hydrogen) atoms. The highest BCUT2D eigenvalue weighted by Crippen LogP contribution is 2.33. The Kier molecular flexibility index (Phi) is 6.98. The van der Waals surface area contributed by atoms with Crippen LogP contribution in [0, 0.1) is 5.82 Å². The molecule has 1 aromatic carbocycles. The van der Waals surface area contributed by atoms with Crippen molar-refractivity contribution in [3.05, 3.63) is 82.9 Å². The number of rotatable bonds is 5. The van der Waals surface area contributed by atoms with Gasteiger partial charge in [-0.25, -0.2) is 14.2 Å². The van der Waals surface area contributed by atoms with Crippen molar-refractivity contribution in [3.63, 3.8) is 0 Å². The highest BCUT2D eigenvalue weighted by Gasteiger charge is 2.33. The molecule has 2 aliphatic heterocycles. The topological polar surface area (TPSA) is 77.0 Å². The summed E-state index contributed by atoms with van der Waals surface area (Å²) in [5.74, 6) is 0.353. The van der Waals surface area contributed by atoms with Crippen LogP contribution in [0.2, 0.25) is 0 Å². The van der Waals surface area contributed by atoms with E-state index >= 15 is 0 Å². The number of thiazole rings is 1. The number of hydrogen-bond acceptors (Lipinski definition) is 7. The SMILES string of the molecule is CCOC(=O)C1=C(C)N=c2s/c(=C/c3cc(Br)c(N4CCCCC4)o3)c(=O)n2[C@@H]1c1ccc(F)cc1. The lowest BCUT2D eigenvalue weighted by Gasteiger charge is -2.26. The fourth-order valence-electron chi connectivity index (χ4n) is 4.64. The van der Waals surface area contributed by atoms with Crippen molar-refractivity contribution in [1.29, 1.82) is 0 Å². The minimum Gasteiger partial charge on any atom is -0.463 e. The molecule has 1 fully saturated rings. The summed E-state index contributed by atoms with van der Waals surface area (Å²) in [5, 5.41) is 0. The molecule has 0 amide bonds. The smallest absolute Gasteiger partial charge is 0.338 e. The Bertz CT molecular complexity index is 1510. The molecule has 1 saturated heterocycles. The maximum atomic E-state index is 13.7. The van der Waals surface area contributed by atoms with Crippen molar-refractivity contribution < 1.29 is 18.3 Å². The molecule has 0 saturated carbocycles. The summed E-state index contributed by atoms with van der Waals surface area (Å²) >= 11 is 4.81. The number of fused-ring (bicyclic) bond motifs is 1. The molecular weight excluding hydrogens is 549 g/mol. The van der Waals surface area contributed by atoms with Crippen LogP contribution in [-0.2, 0) is 9.53 Å². The van der Waals surface area contributed by atoms with Gasteiger partial charge in [-0.3, -0.25) is 9.36 Å². The highest BCUT2D eigenvalue weighted by molar-refractivity contribution is 9.10. The molecule has 5 rings (SSSR count). The van der Waals surface area contributed by atoms with Crippen LogP contribution in [0.1, 0.15) is 50.5 Å². The van der Waals surface area contributed by atoms with Crippen molar-refractivity contribution in [2.45, 2.75) is 39.2 Å². The van der Waals surface area contributed by atoms with Crippen LogP contribution >= 0.6 is 27.3 Å². The largest absolute Gasteiger partial charge is 0.463 e. The zero-order chi connectivity index (χ0) is 25.4. The number of halogens is 2. The van der Waals surface area contributed by atoms with Gasteiger partial charge in [-0.05, 0) is 66.7 Å². The van der Waals surface area contributed by atoms with Gasteiger partial charge < -0.3 is 14.1 Å². The second-order valence-electron chi connectivity index (χ2n) is 8.70. The number of anilines is 1. The van der Waals surface area contributed by atoms with E-state index < -0.39 is 17.8 Å². The maximum absolute atomic E-state index is 13.7. The summed E-state index contributed by atoms with van der Waals surface area (Å²) in [5.41, 5.74) is 1.00. The summed E-state index contributed by atoms with van der Waals surface area (Å²) in [7, 11) is 0. The molecule has 0 aliphatic carbocycles. The summed E-state index contributed by atoms with van der Waals surface area (Å²) in [4.78, 5) is 33.8. The van der Waals surface area contributed by atoms with Gasteiger partial charge in [-0.2, -0.15) is 0 Å². The normalized spacial score (nSPS) is 18.3. The number of aromatic nitrogens is 1. The van der Waals surface area contributed by atoms with E-state index in [-0.39, 0.29) is 17.7 Å². The molecule has 2 aromatic heterocycles. The average Bonchev–Trinajstić information content (AvgIpc) is 3.38. The van der Waals surface area contributed by atoms with Crippen LogP contribution in [0.25, 0.3) is 6.08 Å². The third kappa shape index (κ3) is 4.59. The fourth-order valence-corrected chi connectivity index (χ4v) is 6.23. The van der Waals surface area contributed by atoms with Crippen molar-refractivity contribution in [3.8, 4) is 0 Å². The first-order chi connectivity index (χ1) is 17.4. The van der Waals surface area contributed by atoms with E-state index in [1.165, 1.54) is 34.5 Å². The van der Waals surface area contributed by atoms with E-state index in [1.54, 1.807) is 32.1 Å². The second-order valence-corrected chi connectivity index (χ2v) is 10.6. The van der Waals surface area contributed by atoms with Crippen molar-refractivity contribution in [2.24, 2.45) is 4.99 Å². The molecule has 1 atom stereocenters. The standard InChI is InChI=1S/C26H25BrFN3O4S/c1-3-34-25(33)21-15(2)29-26-31(22(21)16-7-9-17(28)10-8-16)23(32)20(36-26)14-18-13-19(27)24(35-18)30-11-5-4-6-12-30/h7-10,13-14,22H,3-6,11-12H2,1-2H3/b20-14+/t22-/m1/s1. The Hall–Kier alpha value is -2.98. The number of esters is 1. The molecule has 3 aromatic rings. The molecule has 7 nitrogen and oxygen atoms in total. The first-order valence-electron chi connectivity index (χ1n) is 11.9. The van der Waals surface area contributed by atoms with Crippen LogP contribution < -0.4 is 19.8 Å². The van der Waals surface area contributed by atoms with Crippen molar-refractivity contribution in [1.82, 2.24) is 4.57 Å². The monoisotopic (exact) mass is 573 g/mol. The van der Waals surface area contributed by atoms with Gasteiger partial charge in [-0.1, -0.05) is 23.5 Å². The zero-order valence-electron chi connectivity index (χ0n) is 19.9. The molecule has 10 heteroatoms. The first kappa shape index (κ1) is 24.7. The van der Waals surface area contributed by atoms with Crippen LogP contribution in [0.3, 0.4) is 0 Å². The van der Waals surface area contributed by atoms with E-state index in [0.717, 1.165) is 36.3 Å². The molecular formula is C26H25BrFN3O4S. The molecule has 188 valence electrons. The van der Waals surface area contributed by atoms with E-state index in [0.29, 0.717) is 26.4 Å². The van der Waals surface area contributed by atoms with Crippen LogP contribution in [0.5, 0.6) is 0 Å². The van der Waals surface area contributed by atoms with E-state index in [4.69, 9.17) is 9.15 Å². The Morgan fingerprint density at radius 1 is 1.28 bits per heavy atom. The van der Waals surface area contributed by atoms with Crippen molar-refractivity contribution >= 4 is 45.2 Å². The number of furan rings is 1. The summed E-state index contributed by atoms with van der Waals surface area (Å²) < 4.78 is 27.8. The Balaban J connectivity index is 1.62. The van der Waals surface area contributed by atoms with Gasteiger partial charge >= 0.3 is 5.97 Å². The predicted octanol–water partition coefficient (Wildman–Crippen LogP) is 4.28. The minimum absolute atomic E-state index is 0.183. The predicted molar refractivity (Wildman–Crippen MR) is 139 cm³/mol. The van der Waals surface area contributed by atoms with Crippen LogP contribution in [0.4, 0.5) is 10.3 Å². The zero-order valence-corrected chi connectivity index (χ0v) is 22.3.